The highest BCUT2D eigenvalue weighted by molar-refractivity contribution is 7.08. The number of hydrogen-bond acceptors (Lipinski definition) is 7. The SMILES string of the molecule is O=C(c1cc(O)[nH]c(=O)c1)N1CCCC(Cc2nc(-c3ccsc3)no2)C1. The van der Waals surface area contributed by atoms with Crippen LogP contribution in [0.4, 0.5) is 0 Å². The average Bonchev–Trinajstić information content (AvgIpc) is 3.32. The maximum Gasteiger partial charge on any atom is 0.254 e. The van der Waals surface area contributed by atoms with Crippen LogP contribution in [0, 0.1) is 5.92 Å². The van der Waals surface area contributed by atoms with Gasteiger partial charge >= 0.3 is 0 Å². The second-order valence-electron chi connectivity index (χ2n) is 6.61. The fourth-order valence-electron chi connectivity index (χ4n) is 3.34. The summed E-state index contributed by atoms with van der Waals surface area (Å²) < 4.78 is 5.36. The quantitative estimate of drug-likeness (QED) is 0.711. The van der Waals surface area contributed by atoms with Crippen LogP contribution < -0.4 is 5.56 Å². The van der Waals surface area contributed by atoms with E-state index < -0.39 is 5.56 Å². The van der Waals surface area contributed by atoms with Gasteiger partial charge in [0.15, 0.2) is 5.88 Å². The number of nitrogens with one attached hydrogen (secondary N) is 1. The number of pyridine rings is 1. The number of aromatic amines is 1. The molecule has 27 heavy (non-hydrogen) atoms. The summed E-state index contributed by atoms with van der Waals surface area (Å²) in [6.45, 7) is 1.16. The molecule has 0 spiro atoms. The summed E-state index contributed by atoms with van der Waals surface area (Å²) in [5.41, 5.74) is 0.623. The van der Waals surface area contributed by atoms with Gasteiger partial charge in [-0.15, -0.1) is 0 Å². The van der Waals surface area contributed by atoms with Crippen molar-refractivity contribution in [2.45, 2.75) is 19.3 Å². The number of aromatic nitrogens is 3. The average molecular weight is 386 g/mol. The lowest BCUT2D eigenvalue weighted by atomic mass is 9.94. The van der Waals surface area contributed by atoms with Crippen molar-refractivity contribution in [1.29, 1.82) is 0 Å². The van der Waals surface area contributed by atoms with Crippen molar-refractivity contribution in [2.24, 2.45) is 5.92 Å². The van der Waals surface area contributed by atoms with E-state index in [0.29, 0.717) is 31.2 Å². The molecule has 8 nitrogen and oxygen atoms in total. The standard InChI is InChI=1S/C18H18N4O4S/c23-14-7-13(8-15(24)19-14)18(25)22-4-1-2-11(9-22)6-16-20-17(21-26-16)12-3-5-27-10-12/h3,5,7-8,10-11H,1-2,4,6,9H2,(H2,19,23,24). The summed E-state index contributed by atoms with van der Waals surface area (Å²) in [6, 6.07) is 4.42. The Morgan fingerprint density at radius 2 is 2.33 bits per heavy atom. The third-order valence-corrected chi connectivity index (χ3v) is 5.28. The number of H-pyrrole nitrogens is 1. The van der Waals surface area contributed by atoms with Crippen molar-refractivity contribution >= 4 is 17.2 Å². The molecule has 1 fully saturated rings. The highest BCUT2D eigenvalue weighted by atomic mass is 32.1. The van der Waals surface area contributed by atoms with Crippen molar-refractivity contribution in [3.05, 3.63) is 50.8 Å². The molecule has 1 unspecified atom stereocenters. The van der Waals surface area contributed by atoms with Gasteiger partial charge in [0, 0.05) is 42.6 Å². The first-order chi connectivity index (χ1) is 13.1. The van der Waals surface area contributed by atoms with Gasteiger partial charge in [0.05, 0.1) is 5.56 Å². The van der Waals surface area contributed by atoms with E-state index in [9.17, 15) is 14.7 Å². The van der Waals surface area contributed by atoms with Crippen molar-refractivity contribution in [3.63, 3.8) is 0 Å². The molecule has 4 rings (SSSR count). The summed E-state index contributed by atoms with van der Waals surface area (Å²) in [4.78, 5) is 32.5. The first-order valence-corrected chi connectivity index (χ1v) is 9.60. The third kappa shape index (κ3) is 3.92. The van der Waals surface area contributed by atoms with Crippen LogP contribution >= 0.6 is 11.3 Å². The Morgan fingerprint density at radius 1 is 1.44 bits per heavy atom. The molecule has 3 aromatic heterocycles. The van der Waals surface area contributed by atoms with Gasteiger partial charge in [0.1, 0.15) is 0 Å². The minimum Gasteiger partial charge on any atom is -0.494 e. The van der Waals surface area contributed by atoms with Crippen LogP contribution in [0.3, 0.4) is 0 Å². The van der Waals surface area contributed by atoms with Gasteiger partial charge in [-0.3, -0.25) is 14.6 Å². The van der Waals surface area contributed by atoms with Gasteiger partial charge in [-0.2, -0.15) is 16.3 Å². The molecule has 9 heteroatoms. The summed E-state index contributed by atoms with van der Waals surface area (Å²) in [5.74, 6) is 0.768. The second-order valence-corrected chi connectivity index (χ2v) is 7.39. The van der Waals surface area contributed by atoms with E-state index in [4.69, 9.17) is 4.52 Å². The van der Waals surface area contributed by atoms with Crippen molar-refractivity contribution in [1.82, 2.24) is 20.0 Å². The smallest absolute Gasteiger partial charge is 0.254 e. The fourth-order valence-corrected chi connectivity index (χ4v) is 3.98. The van der Waals surface area contributed by atoms with Crippen LogP contribution in [0.5, 0.6) is 5.88 Å². The summed E-state index contributed by atoms with van der Waals surface area (Å²) in [5, 5.41) is 17.5. The molecule has 1 amide bonds. The van der Waals surface area contributed by atoms with E-state index in [-0.39, 0.29) is 23.3 Å². The van der Waals surface area contributed by atoms with E-state index in [0.717, 1.165) is 18.4 Å². The molecule has 3 aromatic rings. The maximum absolute atomic E-state index is 12.7. The monoisotopic (exact) mass is 386 g/mol. The van der Waals surface area contributed by atoms with Gasteiger partial charge in [-0.25, -0.2) is 0 Å². The Balaban J connectivity index is 1.43. The van der Waals surface area contributed by atoms with Crippen LogP contribution in [0.15, 0.2) is 38.3 Å². The second kappa shape index (κ2) is 7.36. The lowest BCUT2D eigenvalue weighted by Crippen LogP contribution is -2.40. The number of aromatic hydroxyl groups is 1. The minimum absolute atomic E-state index is 0.189. The van der Waals surface area contributed by atoms with Crippen molar-refractivity contribution < 1.29 is 14.4 Å². The maximum atomic E-state index is 12.7. The molecule has 0 saturated carbocycles. The highest BCUT2D eigenvalue weighted by Crippen LogP contribution is 2.24. The Morgan fingerprint density at radius 3 is 3.11 bits per heavy atom. The topological polar surface area (TPSA) is 112 Å². The number of amides is 1. The molecular formula is C18H18N4O4S. The molecule has 1 saturated heterocycles. The van der Waals surface area contributed by atoms with Gasteiger partial charge in [0.2, 0.25) is 11.7 Å². The van der Waals surface area contributed by atoms with E-state index >= 15 is 0 Å². The van der Waals surface area contributed by atoms with Crippen LogP contribution in [0.25, 0.3) is 11.4 Å². The van der Waals surface area contributed by atoms with Crippen LogP contribution in [0.2, 0.25) is 0 Å². The lowest BCUT2D eigenvalue weighted by molar-refractivity contribution is 0.0667. The largest absolute Gasteiger partial charge is 0.494 e. The number of nitrogens with zero attached hydrogens (tertiary/aromatic N) is 3. The van der Waals surface area contributed by atoms with E-state index in [1.165, 1.54) is 12.1 Å². The van der Waals surface area contributed by atoms with E-state index in [1.54, 1.807) is 16.2 Å². The van der Waals surface area contributed by atoms with Crippen molar-refractivity contribution in [2.75, 3.05) is 13.1 Å². The first-order valence-electron chi connectivity index (χ1n) is 8.66. The molecule has 4 heterocycles. The molecule has 1 aliphatic rings. The van der Waals surface area contributed by atoms with E-state index in [1.807, 2.05) is 16.8 Å². The number of hydrogen-bond donors (Lipinski definition) is 2. The normalized spacial score (nSPS) is 17.2. The van der Waals surface area contributed by atoms with Crippen molar-refractivity contribution in [3.8, 4) is 17.3 Å². The molecule has 1 aliphatic heterocycles. The molecule has 0 bridgehead atoms. The Hall–Kier alpha value is -2.94. The molecule has 0 radical (unpaired) electrons. The Labute approximate surface area is 158 Å². The van der Waals surface area contributed by atoms with Gasteiger partial charge in [-0.1, -0.05) is 5.16 Å². The van der Waals surface area contributed by atoms with Gasteiger partial charge < -0.3 is 14.5 Å². The summed E-state index contributed by atoms with van der Waals surface area (Å²) in [7, 11) is 0. The Bertz CT molecular complexity index is 995. The van der Waals surface area contributed by atoms with Crippen LogP contribution in [-0.2, 0) is 6.42 Å². The minimum atomic E-state index is -0.501. The molecule has 0 aliphatic carbocycles. The molecule has 2 N–H and O–H groups in total. The zero-order chi connectivity index (χ0) is 18.8. The summed E-state index contributed by atoms with van der Waals surface area (Å²) in [6.07, 6.45) is 2.42. The molecule has 1 atom stereocenters. The zero-order valence-electron chi connectivity index (χ0n) is 14.4. The zero-order valence-corrected chi connectivity index (χ0v) is 15.2. The number of piperidine rings is 1. The predicted molar refractivity (Wildman–Crippen MR) is 98.7 cm³/mol. The Kier molecular flexibility index (Phi) is 4.76. The van der Waals surface area contributed by atoms with Crippen LogP contribution in [0.1, 0.15) is 29.1 Å². The number of thiophene rings is 1. The van der Waals surface area contributed by atoms with Crippen LogP contribution in [-0.4, -0.2) is 44.1 Å². The van der Waals surface area contributed by atoms with Gasteiger partial charge in [0.25, 0.3) is 11.5 Å². The number of carbonyl (C=O) groups excluding carboxylic acids is 1. The highest BCUT2D eigenvalue weighted by Gasteiger charge is 2.26. The summed E-state index contributed by atoms with van der Waals surface area (Å²) >= 11 is 1.57. The lowest BCUT2D eigenvalue weighted by Gasteiger charge is -2.32. The number of carbonyl (C=O) groups is 1. The predicted octanol–water partition coefficient (Wildman–Crippen LogP) is 2.29. The molecule has 140 valence electrons. The first kappa shape index (κ1) is 17.5. The molecular weight excluding hydrogens is 368 g/mol. The molecule has 0 aromatic carbocycles. The number of rotatable bonds is 4. The third-order valence-electron chi connectivity index (χ3n) is 4.59. The van der Waals surface area contributed by atoms with E-state index in [2.05, 4.69) is 15.1 Å². The fraction of sp³-hybridized carbons (Fsp3) is 0.333. The van der Waals surface area contributed by atoms with Gasteiger partial charge in [-0.05, 0) is 30.2 Å². The number of likely N-dealkylation sites (tertiary alicyclic amines) is 1.